The molecule has 44 heavy (non-hydrogen) atoms. The van der Waals surface area contributed by atoms with Crippen molar-refractivity contribution in [3.8, 4) is 0 Å². The normalized spacial score (nSPS) is 10.7. The zero-order valence-corrected chi connectivity index (χ0v) is 24.6. The van der Waals surface area contributed by atoms with Gasteiger partial charge < -0.3 is 10.6 Å². The molecule has 20 nitrogen and oxygen atoms in total. The summed E-state index contributed by atoms with van der Waals surface area (Å²) in [6.07, 6.45) is 0. The molecule has 0 saturated heterocycles. The van der Waals surface area contributed by atoms with Gasteiger partial charge in [-0.25, -0.2) is 0 Å². The van der Waals surface area contributed by atoms with Gasteiger partial charge in [-0.2, -0.15) is 33.7 Å². The van der Waals surface area contributed by atoms with Gasteiger partial charge in [0.15, 0.2) is 0 Å². The van der Waals surface area contributed by atoms with E-state index in [0.29, 0.717) is 22.5 Å². The van der Waals surface area contributed by atoms with Crippen LogP contribution in [0.3, 0.4) is 0 Å². The predicted molar refractivity (Wildman–Crippen MR) is 152 cm³/mol. The molecule has 0 heterocycles. The van der Waals surface area contributed by atoms with Crippen molar-refractivity contribution in [3.05, 3.63) is 96.1 Å². The molecule has 0 fully saturated rings. The highest BCUT2D eigenvalue weighted by Gasteiger charge is 2.07. The van der Waals surface area contributed by atoms with Crippen molar-refractivity contribution in [1.82, 2.24) is 0 Å². The number of hydrogen-bond acceptors (Lipinski definition) is 10. The maximum atomic E-state index is 12.1. The molecule has 246 valence electrons. The fourth-order valence-electron chi connectivity index (χ4n) is 2.22. The molecular formula is C20H24N2O18S4. The molecule has 0 atom stereocenters. The van der Waals surface area contributed by atoms with E-state index in [9.17, 15) is 9.59 Å². The summed E-state index contributed by atoms with van der Waals surface area (Å²) in [5, 5.41) is 5.64. The van der Waals surface area contributed by atoms with E-state index >= 15 is 0 Å². The van der Waals surface area contributed by atoms with E-state index in [2.05, 4.69) is 10.6 Å². The highest BCUT2D eigenvalue weighted by Crippen LogP contribution is 2.15. The lowest BCUT2D eigenvalue weighted by molar-refractivity contribution is 0.101. The first-order valence-corrected chi connectivity index (χ1v) is 15.9. The number of amides is 2. The van der Waals surface area contributed by atoms with Gasteiger partial charge in [-0.15, -0.1) is 0 Å². The van der Waals surface area contributed by atoms with Gasteiger partial charge in [0, 0.05) is 22.5 Å². The van der Waals surface area contributed by atoms with Gasteiger partial charge in [-0.1, -0.05) is 36.4 Å². The van der Waals surface area contributed by atoms with Crippen molar-refractivity contribution < 1.29 is 79.7 Å². The Bertz CT molecular complexity index is 1520. The van der Waals surface area contributed by atoms with E-state index in [-0.39, 0.29) is 11.8 Å². The summed E-state index contributed by atoms with van der Waals surface area (Å²) in [5.74, 6) is -0.339. The number of rotatable bonds is 4. The van der Waals surface area contributed by atoms with Crippen LogP contribution in [0.1, 0.15) is 20.7 Å². The summed E-state index contributed by atoms with van der Waals surface area (Å²) in [4.78, 5) is 24.2. The van der Waals surface area contributed by atoms with Gasteiger partial charge >= 0.3 is 41.6 Å². The largest absolute Gasteiger partial charge is 0.394 e. The van der Waals surface area contributed by atoms with Crippen LogP contribution in [0.15, 0.2) is 84.9 Å². The third kappa shape index (κ3) is 36.1. The van der Waals surface area contributed by atoms with Gasteiger partial charge in [0.25, 0.3) is 11.8 Å². The second kappa shape index (κ2) is 19.4. The molecule has 0 saturated carbocycles. The van der Waals surface area contributed by atoms with E-state index in [1.165, 1.54) is 0 Å². The summed E-state index contributed by atoms with van der Waals surface area (Å²) < 4.78 is 126. The van der Waals surface area contributed by atoms with Crippen LogP contribution in [0, 0.1) is 0 Å². The smallest absolute Gasteiger partial charge is 0.322 e. The first kappa shape index (κ1) is 42.2. The van der Waals surface area contributed by atoms with Crippen LogP contribution < -0.4 is 10.6 Å². The summed E-state index contributed by atoms with van der Waals surface area (Å²) in [7, 11) is -18.7. The molecule has 3 aromatic rings. The number of carbonyl (C=O) groups is 2. The molecular weight excluding hydrogens is 684 g/mol. The van der Waals surface area contributed by atoms with E-state index < -0.39 is 41.6 Å². The number of benzene rings is 3. The SMILES string of the molecule is O=C(Nc1ccc(NC(=O)c2ccccc2)cc1)c1ccccc1.O=S(=O)(O)O.O=S(=O)(O)O.O=S(=O)(O)O.O=S(=O)(O)O. The summed E-state index contributed by atoms with van der Waals surface area (Å²) in [5.41, 5.74) is 2.53. The number of carbonyl (C=O) groups excluding carboxylic acids is 2. The minimum absolute atomic E-state index is 0.170. The Hall–Kier alpha value is -3.92. The van der Waals surface area contributed by atoms with Crippen molar-refractivity contribution in [2.75, 3.05) is 10.6 Å². The maximum absolute atomic E-state index is 12.1. The average molecular weight is 709 g/mol. The van der Waals surface area contributed by atoms with Crippen LogP contribution in [0.25, 0.3) is 0 Å². The van der Waals surface area contributed by atoms with Gasteiger partial charge in [0.05, 0.1) is 0 Å². The summed E-state index contributed by atoms with van der Waals surface area (Å²) >= 11 is 0. The summed E-state index contributed by atoms with van der Waals surface area (Å²) in [6, 6.07) is 25.0. The van der Waals surface area contributed by atoms with Crippen LogP contribution in [-0.2, 0) is 41.6 Å². The fraction of sp³-hybridized carbons (Fsp3) is 0. The van der Waals surface area contributed by atoms with Crippen molar-refractivity contribution in [1.29, 1.82) is 0 Å². The van der Waals surface area contributed by atoms with Gasteiger partial charge in [0.1, 0.15) is 0 Å². The molecule has 3 aromatic carbocycles. The standard InChI is InChI=1S/C20H16N2O2.4H2O4S/c23-19(15-7-3-1-4-8-15)21-17-11-13-18(14-12-17)22-20(24)16-9-5-2-6-10-16;4*1-5(2,3)4/h1-14H,(H,21,23)(H,22,24);4*(H2,1,2,3,4). The van der Waals surface area contributed by atoms with Gasteiger partial charge in [-0.05, 0) is 48.5 Å². The summed E-state index contributed by atoms with van der Waals surface area (Å²) in [6.45, 7) is 0. The molecule has 10 N–H and O–H groups in total. The molecule has 0 aliphatic carbocycles. The quantitative estimate of drug-likeness (QED) is 0.172. The minimum atomic E-state index is -4.67. The number of nitrogens with one attached hydrogen (secondary N) is 2. The highest BCUT2D eigenvalue weighted by atomic mass is 32.3. The Morgan fingerprint density at radius 3 is 0.750 bits per heavy atom. The van der Waals surface area contributed by atoms with Crippen molar-refractivity contribution >= 4 is 64.8 Å². The second-order valence-corrected chi connectivity index (χ2v) is 10.6. The fourth-order valence-corrected chi connectivity index (χ4v) is 2.22. The Morgan fingerprint density at radius 1 is 0.386 bits per heavy atom. The molecule has 0 unspecified atom stereocenters. The van der Waals surface area contributed by atoms with Crippen LogP contribution in [0.2, 0.25) is 0 Å². The molecule has 0 bridgehead atoms. The molecule has 0 aromatic heterocycles. The van der Waals surface area contributed by atoms with Gasteiger partial charge in [-0.3, -0.25) is 46.0 Å². The third-order valence-electron chi connectivity index (χ3n) is 3.47. The van der Waals surface area contributed by atoms with Crippen LogP contribution in [0.4, 0.5) is 11.4 Å². The Balaban J connectivity index is 0. The van der Waals surface area contributed by atoms with Crippen molar-refractivity contribution in [2.24, 2.45) is 0 Å². The maximum Gasteiger partial charge on any atom is 0.394 e. The molecule has 0 aliphatic rings. The van der Waals surface area contributed by atoms with Crippen LogP contribution >= 0.6 is 0 Å². The van der Waals surface area contributed by atoms with E-state index in [1.54, 1.807) is 48.5 Å². The van der Waals surface area contributed by atoms with E-state index in [4.69, 9.17) is 70.1 Å². The Kier molecular flexibility index (Phi) is 18.6. The van der Waals surface area contributed by atoms with Crippen molar-refractivity contribution in [3.63, 3.8) is 0 Å². The van der Waals surface area contributed by atoms with Crippen LogP contribution in [-0.4, -0.2) is 81.9 Å². The lowest BCUT2D eigenvalue weighted by Crippen LogP contribution is -2.13. The third-order valence-corrected chi connectivity index (χ3v) is 3.47. The Labute approximate surface area is 250 Å². The first-order chi connectivity index (χ1) is 19.7. The number of hydrogen-bond donors (Lipinski definition) is 10. The lowest BCUT2D eigenvalue weighted by atomic mass is 10.2. The monoisotopic (exact) mass is 708 g/mol. The van der Waals surface area contributed by atoms with E-state index in [0.717, 1.165) is 0 Å². The topological polar surface area (TPSA) is 357 Å². The highest BCUT2D eigenvalue weighted by molar-refractivity contribution is 7.80. The zero-order valence-electron chi connectivity index (χ0n) is 21.4. The van der Waals surface area contributed by atoms with Gasteiger partial charge in [0.2, 0.25) is 0 Å². The minimum Gasteiger partial charge on any atom is -0.322 e. The van der Waals surface area contributed by atoms with Crippen LogP contribution in [0.5, 0.6) is 0 Å². The lowest BCUT2D eigenvalue weighted by Gasteiger charge is -2.08. The Morgan fingerprint density at radius 2 is 0.568 bits per heavy atom. The molecule has 0 radical (unpaired) electrons. The molecule has 24 heteroatoms. The molecule has 2 amide bonds. The van der Waals surface area contributed by atoms with Crippen molar-refractivity contribution in [2.45, 2.75) is 0 Å². The first-order valence-electron chi connectivity index (χ1n) is 10.3. The zero-order chi connectivity index (χ0) is 34.8. The molecule has 3 rings (SSSR count). The molecule has 0 spiro atoms. The average Bonchev–Trinajstić information content (AvgIpc) is 2.82. The predicted octanol–water partition coefficient (Wildman–Crippen LogP) is 1.58. The second-order valence-electron chi connectivity index (χ2n) is 7.01. The molecule has 0 aliphatic heterocycles. The number of anilines is 2. The van der Waals surface area contributed by atoms with E-state index in [1.807, 2.05) is 36.4 Å².